The van der Waals surface area contributed by atoms with Crippen LogP contribution in [-0.4, -0.2) is 31.4 Å². The molecule has 37 heavy (non-hydrogen) atoms. The molecule has 8 heteroatoms. The molecule has 0 unspecified atom stereocenters. The fourth-order valence-corrected chi connectivity index (χ4v) is 4.64. The summed E-state index contributed by atoms with van der Waals surface area (Å²) in [4.78, 5) is 15.8. The minimum atomic E-state index is -0.700. The van der Waals surface area contributed by atoms with Crippen LogP contribution in [0.25, 0.3) is 11.5 Å². The summed E-state index contributed by atoms with van der Waals surface area (Å²) in [6.07, 6.45) is 1.67. The van der Waals surface area contributed by atoms with E-state index in [1.807, 2.05) is 89.2 Å². The number of ether oxygens (including phenoxy) is 1. The Morgan fingerprint density at radius 1 is 0.892 bits per heavy atom. The topological polar surface area (TPSA) is 81.6 Å². The molecule has 2 aromatic heterocycles. The smallest absolute Gasteiger partial charge is 0.322 e. The molecule has 0 fully saturated rings. The first-order chi connectivity index (χ1) is 17.6. The fraction of sp³-hybridized carbons (Fsp3) is 0.345. The summed E-state index contributed by atoms with van der Waals surface area (Å²) >= 11 is 1.49. The molecule has 0 spiro atoms. The van der Waals surface area contributed by atoms with Crippen molar-refractivity contribution in [2.24, 2.45) is 0 Å². The summed E-state index contributed by atoms with van der Waals surface area (Å²) in [5.41, 5.74) is 1.49. The van der Waals surface area contributed by atoms with Crippen molar-refractivity contribution in [3.05, 3.63) is 90.2 Å². The largest absolute Gasteiger partial charge is 0.468 e. The van der Waals surface area contributed by atoms with E-state index in [4.69, 9.17) is 13.6 Å². The Labute approximate surface area is 222 Å². The summed E-state index contributed by atoms with van der Waals surface area (Å²) in [5.74, 6) is 1.67. The monoisotopic (exact) mass is 519 g/mol. The van der Waals surface area contributed by atoms with Crippen LogP contribution in [0, 0.1) is 0 Å². The third-order valence-electron chi connectivity index (χ3n) is 5.40. The Morgan fingerprint density at radius 3 is 2.27 bits per heavy atom. The molecule has 0 atom stereocenters. The van der Waals surface area contributed by atoms with E-state index in [-0.39, 0.29) is 5.97 Å². The molecule has 0 bridgehead atoms. The van der Waals surface area contributed by atoms with Gasteiger partial charge in [-0.25, -0.2) is 0 Å². The lowest BCUT2D eigenvalue weighted by atomic mass is 10.1. The summed E-state index contributed by atoms with van der Waals surface area (Å²) in [7, 11) is 0. The van der Waals surface area contributed by atoms with E-state index in [0.29, 0.717) is 31.4 Å². The number of benzene rings is 2. The van der Waals surface area contributed by atoms with E-state index < -0.39 is 10.3 Å². The maximum Gasteiger partial charge on any atom is 0.322 e. The second kappa shape index (κ2) is 11.4. The van der Waals surface area contributed by atoms with Gasteiger partial charge in [0.25, 0.3) is 0 Å². The van der Waals surface area contributed by atoms with Crippen molar-refractivity contribution in [1.29, 1.82) is 0 Å². The van der Waals surface area contributed by atoms with Gasteiger partial charge in [0.05, 0.1) is 19.4 Å². The predicted octanol–water partition coefficient (Wildman–Crippen LogP) is 6.74. The molecule has 4 rings (SSSR count). The number of hydrogen-bond acceptors (Lipinski definition) is 8. The molecular formula is C29H33N3O4S. The maximum absolute atomic E-state index is 12.6. The third kappa shape index (κ3) is 7.81. The molecular weight excluding hydrogens is 486 g/mol. The van der Waals surface area contributed by atoms with E-state index in [2.05, 4.69) is 27.2 Å². The Bertz CT molecular complexity index is 1280. The van der Waals surface area contributed by atoms with Gasteiger partial charge in [0.1, 0.15) is 16.1 Å². The molecule has 0 aliphatic rings. The van der Waals surface area contributed by atoms with Crippen molar-refractivity contribution >= 4 is 17.7 Å². The molecule has 0 aliphatic carbocycles. The lowest BCUT2D eigenvalue weighted by Crippen LogP contribution is -2.36. The van der Waals surface area contributed by atoms with Crippen LogP contribution in [0.4, 0.5) is 0 Å². The predicted molar refractivity (Wildman–Crippen MR) is 144 cm³/mol. The van der Waals surface area contributed by atoms with Gasteiger partial charge in [-0.05, 0) is 76.6 Å². The van der Waals surface area contributed by atoms with Gasteiger partial charge in [-0.2, -0.15) is 0 Å². The third-order valence-corrected chi connectivity index (χ3v) is 6.58. The average Bonchev–Trinajstić information content (AvgIpc) is 3.52. The number of carbonyl (C=O) groups excluding carboxylic acids is 1. The molecule has 7 nitrogen and oxygen atoms in total. The summed E-state index contributed by atoms with van der Waals surface area (Å²) < 4.78 is 16.4. The highest BCUT2D eigenvalue weighted by Gasteiger charge is 2.33. The van der Waals surface area contributed by atoms with Crippen LogP contribution < -0.4 is 0 Å². The molecule has 0 saturated heterocycles. The van der Waals surface area contributed by atoms with Gasteiger partial charge in [-0.3, -0.25) is 9.69 Å². The lowest BCUT2D eigenvalue weighted by molar-refractivity contribution is -0.156. The quantitative estimate of drug-likeness (QED) is 0.168. The van der Waals surface area contributed by atoms with Crippen LogP contribution in [-0.2, 0) is 29.2 Å². The lowest BCUT2D eigenvalue weighted by Gasteiger charge is -2.28. The van der Waals surface area contributed by atoms with E-state index in [1.54, 1.807) is 6.26 Å². The van der Waals surface area contributed by atoms with E-state index in [9.17, 15) is 4.79 Å². The van der Waals surface area contributed by atoms with Crippen LogP contribution in [0.1, 0.15) is 51.8 Å². The van der Waals surface area contributed by atoms with E-state index in [1.165, 1.54) is 11.8 Å². The Hall–Kier alpha value is -3.36. The number of nitrogens with zero attached hydrogens (tertiary/aromatic N) is 3. The Kier molecular flexibility index (Phi) is 8.19. The van der Waals surface area contributed by atoms with Crippen LogP contribution in [0.2, 0.25) is 0 Å². The highest BCUT2D eigenvalue weighted by atomic mass is 32.2. The van der Waals surface area contributed by atoms with E-state index >= 15 is 0 Å². The Balaban J connectivity index is 1.44. The molecule has 4 aromatic rings. The van der Waals surface area contributed by atoms with Crippen molar-refractivity contribution in [2.45, 2.75) is 69.5 Å². The van der Waals surface area contributed by atoms with Gasteiger partial charge in [-0.15, -0.1) is 22.0 Å². The van der Waals surface area contributed by atoms with Crippen molar-refractivity contribution < 1.29 is 18.4 Å². The van der Waals surface area contributed by atoms with Gasteiger partial charge >= 0.3 is 5.97 Å². The average molecular weight is 520 g/mol. The maximum atomic E-state index is 12.6. The number of aromatic nitrogens is 2. The first-order valence-electron chi connectivity index (χ1n) is 12.2. The highest BCUT2D eigenvalue weighted by molar-refractivity contribution is 8.01. The molecule has 2 aromatic carbocycles. The van der Waals surface area contributed by atoms with Crippen molar-refractivity contribution in [1.82, 2.24) is 15.1 Å². The first kappa shape index (κ1) is 26.7. The van der Waals surface area contributed by atoms with Crippen LogP contribution in [0.15, 0.2) is 86.7 Å². The summed E-state index contributed by atoms with van der Waals surface area (Å²) in [6, 6.07) is 21.8. The van der Waals surface area contributed by atoms with Gasteiger partial charge in [0.2, 0.25) is 11.8 Å². The second-order valence-electron chi connectivity index (χ2n) is 10.3. The van der Waals surface area contributed by atoms with Gasteiger partial charge in [0.15, 0.2) is 0 Å². The molecule has 0 radical (unpaired) electrons. The SMILES string of the molecule is CC(C)(C)OC(=O)C(C)(C)Sc1ccc(CN(Cc2ccco2)Cc2nnc(-c3ccccc3)o2)cc1. The van der Waals surface area contributed by atoms with Crippen molar-refractivity contribution in [3.8, 4) is 11.5 Å². The van der Waals surface area contributed by atoms with Crippen molar-refractivity contribution in [3.63, 3.8) is 0 Å². The number of esters is 1. The minimum Gasteiger partial charge on any atom is -0.468 e. The highest BCUT2D eigenvalue weighted by Crippen LogP contribution is 2.35. The molecule has 2 heterocycles. The fourth-order valence-electron chi connectivity index (χ4n) is 3.66. The first-order valence-corrected chi connectivity index (χ1v) is 13.0. The summed E-state index contributed by atoms with van der Waals surface area (Å²) in [6.45, 7) is 11.1. The number of carbonyl (C=O) groups is 1. The number of furan rings is 1. The summed E-state index contributed by atoms with van der Waals surface area (Å²) in [5, 5.41) is 8.48. The second-order valence-corrected chi connectivity index (χ2v) is 12.0. The van der Waals surface area contributed by atoms with Gasteiger partial charge in [0, 0.05) is 17.0 Å². The molecule has 0 aliphatic heterocycles. The molecule has 194 valence electrons. The zero-order valence-corrected chi connectivity index (χ0v) is 22.7. The minimum absolute atomic E-state index is 0.229. The number of hydrogen-bond donors (Lipinski definition) is 0. The number of rotatable bonds is 10. The van der Waals surface area contributed by atoms with Crippen LogP contribution in [0.3, 0.4) is 0 Å². The Morgan fingerprint density at radius 2 is 1.62 bits per heavy atom. The van der Waals surface area contributed by atoms with E-state index in [0.717, 1.165) is 21.8 Å². The van der Waals surface area contributed by atoms with Gasteiger partial charge < -0.3 is 13.6 Å². The van der Waals surface area contributed by atoms with Crippen molar-refractivity contribution in [2.75, 3.05) is 0 Å². The molecule has 0 amide bonds. The zero-order valence-electron chi connectivity index (χ0n) is 21.9. The number of thioether (sulfide) groups is 1. The van der Waals surface area contributed by atoms with Gasteiger partial charge in [-0.1, -0.05) is 30.3 Å². The normalized spacial score (nSPS) is 12.2. The molecule has 0 saturated carbocycles. The van der Waals surface area contributed by atoms with Crippen LogP contribution in [0.5, 0.6) is 0 Å². The van der Waals surface area contributed by atoms with Crippen LogP contribution >= 0.6 is 11.8 Å². The standard InChI is InChI=1S/C29H33N3O4S/c1-28(2,3)36-27(33)29(4,5)37-24-15-13-21(14-16-24)18-32(19-23-12-9-17-34-23)20-25-30-31-26(35-25)22-10-7-6-8-11-22/h6-17H,18-20H2,1-5H3. The zero-order chi connectivity index (χ0) is 26.5. The molecule has 0 N–H and O–H groups in total.